The number of morpholine rings is 1. The molecule has 0 aliphatic carbocycles. The molecule has 6 heteroatoms. The van der Waals surface area contributed by atoms with Crippen molar-refractivity contribution in [3.05, 3.63) is 0 Å². The van der Waals surface area contributed by atoms with Crippen LogP contribution in [-0.4, -0.2) is 75.7 Å². The molecule has 0 saturated carbocycles. The maximum Gasteiger partial charge on any atom is 0.194 e. The summed E-state index contributed by atoms with van der Waals surface area (Å²) in [5, 5.41) is 3.36. The van der Waals surface area contributed by atoms with Gasteiger partial charge < -0.3 is 24.4 Å². The molecule has 2 atom stereocenters. The maximum atomic E-state index is 5.89. The molecule has 0 amide bonds. The first-order valence-electron chi connectivity index (χ1n) is 8.19. The van der Waals surface area contributed by atoms with Crippen molar-refractivity contribution in [3.63, 3.8) is 0 Å². The minimum Gasteiger partial charge on any atom is -0.380 e. The van der Waals surface area contributed by atoms with Gasteiger partial charge in [0.1, 0.15) is 6.10 Å². The molecule has 2 rings (SSSR count). The highest BCUT2D eigenvalue weighted by Gasteiger charge is 2.32. The molecule has 122 valence electrons. The molecule has 0 radical (unpaired) electrons. The van der Waals surface area contributed by atoms with Crippen molar-refractivity contribution >= 4 is 5.96 Å². The molecule has 2 saturated heterocycles. The molecule has 2 heterocycles. The molecule has 6 nitrogen and oxygen atoms in total. The molecule has 0 aromatic rings. The summed E-state index contributed by atoms with van der Waals surface area (Å²) in [5.74, 6) is 0.962. The lowest BCUT2D eigenvalue weighted by atomic mass is 10.1. The third kappa shape index (κ3) is 5.13. The van der Waals surface area contributed by atoms with Gasteiger partial charge in [-0.15, -0.1) is 0 Å². The van der Waals surface area contributed by atoms with E-state index < -0.39 is 0 Å². The van der Waals surface area contributed by atoms with Gasteiger partial charge in [-0.2, -0.15) is 0 Å². The fraction of sp³-hybridized carbons (Fsp3) is 0.933. The highest BCUT2D eigenvalue weighted by molar-refractivity contribution is 5.80. The second-order valence-electron chi connectivity index (χ2n) is 5.34. The van der Waals surface area contributed by atoms with Crippen molar-refractivity contribution in [2.45, 2.75) is 38.9 Å². The zero-order valence-electron chi connectivity index (χ0n) is 13.3. The molecule has 21 heavy (non-hydrogen) atoms. The Morgan fingerprint density at radius 3 is 2.86 bits per heavy atom. The van der Waals surface area contributed by atoms with Gasteiger partial charge in [0.25, 0.3) is 0 Å². The van der Waals surface area contributed by atoms with E-state index in [1.807, 2.05) is 6.92 Å². The summed E-state index contributed by atoms with van der Waals surface area (Å²) in [6, 6.07) is 0. The summed E-state index contributed by atoms with van der Waals surface area (Å²) in [4.78, 5) is 6.93. The third-order valence-corrected chi connectivity index (χ3v) is 3.81. The third-order valence-electron chi connectivity index (χ3n) is 3.81. The van der Waals surface area contributed by atoms with Crippen LogP contribution in [0, 0.1) is 0 Å². The Morgan fingerprint density at radius 2 is 2.14 bits per heavy atom. The second kappa shape index (κ2) is 9.23. The smallest absolute Gasteiger partial charge is 0.194 e. The number of aliphatic imine (C=N–C) groups is 1. The van der Waals surface area contributed by atoms with Gasteiger partial charge in [-0.05, 0) is 26.7 Å². The highest BCUT2D eigenvalue weighted by Crippen LogP contribution is 2.20. The number of hydrogen-bond acceptors (Lipinski definition) is 4. The van der Waals surface area contributed by atoms with Crippen molar-refractivity contribution in [3.8, 4) is 0 Å². The van der Waals surface area contributed by atoms with Gasteiger partial charge in [-0.3, -0.25) is 4.99 Å². The van der Waals surface area contributed by atoms with Gasteiger partial charge in [0.2, 0.25) is 0 Å². The molecule has 0 bridgehead atoms. The Balaban J connectivity index is 1.88. The van der Waals surface area contributed by atoms with E-state index in [1.165, 1.54) is 0 Å². The number of rotatable bonds is 6. The molecule has 2 fully saturated rings. The largest absolute Gasteiger partial charge is 0.380 e. The van der Waals surface area contributed by atoms with Crippen molar-refractivity contribution < 1.29 is 14.2 Å². The molecule has 2 unspecified atom stereocenters. The van der Waals surface area contributed by atoms with Crippen LogP contribution in [0.25, 0.3) is 0 Å². The van der Waals surface area contributed by atoms with Gasteiger partial charge >= 0.3 is 0 Å². The summed E-state index contributed by atoms with van der Waals surface area (Å²) >= 11 is 0. The summed E-state index contributed by atoms with van der Waals surface area (Å²) in [6.07, 6.45) is 2.67. The number of hydrogen-bond donors (Lipinski definition) is 1. The lowest BCUT2D eigenvalue weighted by Crippen LogP contribution is -2.53. The highest BCUT2D eigenvalue weighted by atomic mass is 16.5. The van der Waals surface area contributed by atoms with Crippen LogP contribution >= 0.6 is 0 Å². The van der Waals surface area contributed by atoms with Crippen LogP contribution in [0.3, 0.4) is 0 Å². The molecule has 2 aliphatic heterocycles. The monoisotopic (exact) mass is 299 g/mol. The molecule has 0 aromatic heterocycles. The summed E-state index contributed by atoms with van der Waals surface area (Å²) in [5.41, 5.74) is 0. The topological polar surface area (TPSA) is 55.3 Å². The zero-order valence-corrected chi connectivity index (χ0v) is 13.3. The van der Waals surface area contributed by atoms with E-state index in [4.69, 9.17) is 14.2 Å². The Morgan fingerprint density at radius 1 is 1.29 bits per heavy atom. The Kier molecular flexibility index (Phi) is 7.26. The fourth-order valence-electron chi connectivity index (χ4n) is 2.77. The van der Waals surface area contributed by atoms with Crippen molar-refractivity contribution in [1.82, 2.24) is 10.2 Å². The van der Waals surface area contributed by atoms with Crippen LogP contribution in [0.2, 0.25) is 0 Å². The minimum absolute atomic E-state index is 0.164. The van der Waals surface area contributed by atoms with Crippen LogP contribution in [0.15, 0.2) is 4.99 Å². The molecule has 1 N–H and O–H groups in total. The standard InChI is InChI=1S/C15H29N3O3/c1-3-16-15(17-7-10-19-4-2)18-8-11-21-14(12-18)13-6-5-9-20-13/h13-14H,3-12H2,1-2H3,(H,16,17). The van der Waals surface area contributed by atoms with Crippen LogP contribution in [-0.2, 0) is 14.2 Å². The average Bonchev–Trinajstić information content (AvgIpc) is 3.05. The van der Waals surface area contributed by atoms with Gasteiger partial charge in [-0.25, -0.2) is 0 Å². The number of guanidine groups is 1. The predicted octanol–water partition coefficient (Wildman–Crippen LogP) is 0.868. The van der Waals surface area contributed by atoms with E-state index in [0.29, 0.717) is 13.2 Å². The average molecular weight is 299 g/mol. The quantitative estimate of drug-likeness (QED) is 0.448. The summed E-state index contributed by atoms with van der Waals surface area (Å²) in [7, 11) is 0. The minimum atomic E-state index is 0.164. The normalized spacial score (nSPS) is 27.1. The van der Waals surface area contributed by atoms with E-state index in [9.17, 15) is 0 Å². The van der Waals surface area contributed by atoms with Gasteiger partial charge in [0, 0.05) is 32.8 Å². The number of nitrogens with one attached hydrogen (secondary N) is 1. The molecular weight excluding hydrogens is 270 g/mol. The molecule has 0 spiro atoms. The molecular formula is C15H29N3O3. The predicted molar refractivity (Wildman–Crippen MR) is 82.8 cm³/mol. The number of nitrogens with zero attached hydrogens (tertiary/aromatic N) is 2. The van der Waals surface area contributed by atoms with Gasteiger partial charge in [0.15, 0.2) is 5.96 Å². The van der Waals surface area contributed by atoms with Crippen LogP contribution in [0.5, 0.6) is 0 Å². The van der Waals surface area contributed by atoms with Crippen molar-refractivity contribution in [1.29, 1.82) is 0 Å². The first kappa shape index (κ1) is 16.5. The lowest BCUT2D eigenvalue weighted by molar-refractivity contribution is -0.0817. The summed E-state index contributed by atoms with van der Waals surface area (Å²) in [6.45, 7) is 10.4. The maximum absolute atomic E-state index is 5.89. The van der Waals surface area contributed by atoms with Crippen LogP contribution in [0.1, 0.15) is 26.7 Å². The molecule has 2 aliphatic rings. The first-order chi connectivity index (χ1) is 10.3. The SMILES string of the molecule is CCNC(=NCCOCC)N1CCOC(C2CCCO2)C1. The van der Waals surface area contributed by atoms with Crippen LogP contribution in [0.4, 0.5) is 0 Å². The van der Waals surface area contributed by atoms with E-state index >= 15 is 0 Å². The van der Waals surface area contributed by atoms with Crippen LogP contribution < -0.4 is 5.32 Å². The van der Waals surface area contributed by atoms with E-state index in [2.05, 4.69) is 22.1 Å². The Labute approximate surface area is 127 Å². The summed E-state index contributed by atoms with van der Waals surface area (Å²) < 4.78 is 17.0. The van der Waals surface area contributed by atoms with E-state index in [-0.39, 0.29) is 12.2 Å². The van der Waals surface area contributed by atoms with E-state index in [1.54, 1.807) is 0 Å². The number of ether oxygens (including phenoxy) is 3. The van der Waals surface area contributed by atoms with Gasteiger partial charge in [0.05, 0.1) is 25.9 Å². The van der Waals surface area contributed by atoms with E-state index in [0.717, 1.165) is 58.3 Å². The fourth-order valence-corrected chi connectivity index (χ4v) is 2.77. The van der Waals surface area contributed by atoms with Crippen molar-refractivity contribution in [2.75, 3.05) is 52.6 Å². The van der Waals surface area contributed by atoms with Crippen molar-refractivity contribution in [2.24, 2.45) is 4.99 Å². The Hall–Kier alpha value is -0.850. The zero-order chi connectivity index (χ0) is 14.9. The Bertz CT molecular complexity index is 319. The second-order valence-corrected chi connectivity index (χ2v) is 5.34. The lowest BCUT2D eigenvalue weighted by Gasteiger charge is -2.37. The van der Waals surface area contributed by atoms with Gasteiger partial charge in [-0.1, -0.05) is 0 Å². The molecule has 0 aromatic carbocycles. The first-order valence-corrected chi connectivity index (χ1v) is 8.19.